The molecule has 0 aliphatic heterocycles. The number of ether oxygens (including phenoxy) is 1. The highest BCUT2D eigenvalue weighted by Gasteiger charge is 2.14. The molecule has 0 spiro atoms. The van der Waals surface area contributed by atoms with E-state index in [1.165, 1.54) is 70.6 Å². The zero-order chi connectivity index (χ0) is 18.6. The van der Waals surface area contributed by atoms with E-state index in [1.54, 1.807) is 0 Å². The zero-order valence-electron chi connectivity index (χ0n) is 16.3. The van der Waals surface area contributed by atoms with Gasteiger partial charge in [0.05, 0.1) is 13.2 Å². The van der Waals surface area contributed by atoms with Gasteiger partial charge in [-0.1, -0.05) is 76.9 Å². The summed E-state index contributed by atoms with van der Waals surface area (Å²) in [6.07, 6.45) is 20.6. The number of aliphatic hydroxyl groups is 2. The van der Waals surface area contributed by atoms with Crippen molar-refractivity contribution in [1.29, 1.82) is 0 Å². The number of allylic oxidation sites excluding steroid dienone is 2. The first-order valence-electron chi connectivity index (χ1n) is 10.3. The molecule has 0 saturated carbocycles. The molecule has 0 aliphatic carbocycles. The number of aliphatic hydroxyl groups excluding tert-OH is 2. The Hall–Kier alpha value is -0.870. The van der Waals surface area contributed by atoms with Crippen LogP contribution < -0.4 is 0 Å². The van der Waals surface area contributed by atoms with E-state index in [9.17, 15) is 4.79 Å². The highest BCUT2D eigenvalue weighted by Crippen LogP contribution is 2.10. The Bertz CT molecular complexity index is 315. The van der Waals surface area contributed by atoms with Crippen LogP contribution in [0, 0.1) is 0 Å². The summed E-state index contributed by atoms with van der Waals surface area (Å²) in [4.78, 5) is 11.1. The summed E-state index contributed by atoms with van der Waals surface area (Å²) in [5, 5.41) is 17.6. The lowest BCUT2D eigenvalue weighted by molar-refractivity contribution is -0.155. The Morgan fingerprint density at radius 3 is 1.84 bits per heavy atom. The van der Waals surface area contributed by atoms with Gasteiger partial charge >= 0.3 is 5.97 Å². The van der Waals surface area contributed by atoms with Gasteiger partial charge in [0.25, 0.3) is 0 Å². The standard InChI is InChI=1S/C21H40O4/c1-2-3-4-5-6-7-8-9-10-11-12-13-14-15-16-17-18-25-21(24)20(23)19-22/h9-10,20,22-23H,2-8,11-19H2,1H3/b10-9+/t20-/m0/s1. The van der Waals surface area contributed by atoms with Crippen molar-refractivity contribution in [3.05, 3.63) is 12.2 Å². The van der Waals surface area contributed by atoms with Gasteiger partial charge < -0.3 is 14.9 Å². The number of carbonyl (C=O) groups is 1. The van der Waals surface area contributed by atoms with Gasteiger partial charge in [0.15, 0.2) is 6.10 Å². The van der Waals surface area contributed by atoms with E-state index >= 15 is 0 Å². The SMILES string of the molecule is CCCCCCCC/C=C/CCCCCCCCOC(=O)[C@@H](O)CO. The number of esters is 1. The van der Waals surface area contributed by atoms with Crippen LogP contribution in [0.5, 0.6) is 0 Å². The van der Waals surface area contributed by atoms with Gasteiger partial charge in [-0.15, -0.1) is 0 Å². The van der Waals surface area contributed by atoms with Crippen LogP contribution >= 0.6 is 0 Å². The highest BCUT2D eigenvalue weighted by atomic mass is 16.5. The van der Waals surface area contributed by atoms with E-state index in [4.69, 9.17) is 14.9 Å². The van der Waals surface area contributed by atoms with E-state index in [1.807, 2.05) is 0 Å². The minimum Gasteiger partial charge on any atom is -0.464 e. The second-order valence-corrected chi connectivity index (χ2v) is 6.80. The first-order valence-corrected chi connectivity index (χ1v) is 10.3. The number of hydrogen-bond donors (Lipinski definition) is 2. The Kier molecular flexibility index (Phi) is 18.8. The molecule has 0 aliphatic rings. The molecule has 148 valence electrons. The summed E-state index contributed by atoms with van der Waals surface area (Å²) < 4.78 is 4.86. The summed E-state index contributed by atoms with van der Waals surface area (Å²) in [5.74, 6) is -0.727. The van der Waals surface area contributed by atoms with Crippen molar-refractivity contribution in [3.8, 4) is 0 Å². The summed E-state index contributed by atoms with van der Waals surface area (Å²) in [5.41, 5.74) is 0. The molecule has 0 aromatic heterocycles. The third-order valence-electron chi connectivity index (χ3n) is 4.35. The van der Waals surface area contributed by atoms with E-state index in [0.29, 0.717) is 6.61 Å². The molecule has 0 aromatic carbocycles. The van der Waals surface area contributed by atoms with E-state index < -0.39 is 18.7 Å². The van der Waals surface area contributed by atoms with Crippen molar-refractivity contribution in [2.75, 3.05) is 13.2 Å². The maximum atomic E-state index is 11.1. The quantitative estimate of drug-likeness (QED) is 0.208. The van der Waals surface area contributed by atoms with Gasteiger partial charge in [0.2, 0.25) is 0 Å². The van der Waals surface area contributed by atoms with Crippen LogP contribution in [-0.2, 0) is 9.53 Å². The predicted octanol–water partition coefficient (Wildman–Crippen LogP) is 4.92. The van der Waals surface area contributed by atoms with Crippen LogP contribution in [0.4, 0.5) is 0 Å². The van der Waals surface area contributed by atoms with Crippen molar-refractivity contribution < 1.29 is 19.7 Å². The molecular weight excluding hydrogens is 316 g/mol. The molecule has 25 heavy (non-hydrogen) atoms. The molecule has 2 N–H and O–H groups in total. The van der Waals surface area contributed by atoms with Crippen LogP contribution in [0.25, 0.3) is 0 Å². The average Bonchev–Trinajstić information content (AvgIpc) is 2.63. The second-order valence-electron chi connectivity index (χ2n) is 6.80. The van der Waals surface area contributed by atoms with E-state index in [0.717, 1.165) is 19.3 Å². The number of carbonyl (C=O) groups excluding carboxylic acids is 1. The number of hydrogen-bond acceptors (Lipinski definition) is 4. The number of rotatable bonds is 18. The van der Waals surface area contributed by atoms with E-state index in [-0.39, 0.29) is 0 Å². The smallest absolute Gasteiger partial charge is 0.337 e. The van der Waals surface area contributed by atoms with Gasteiger partial charge in [-0.2, -0.15) is 0 Å². The van der Waals surface area contributed by atoms with Gasteiger partial charge in [0, 0.05) is 0 Å². The Labute approximate surface area is 154 Å². The van der Waals surface area contributed by atoms with Crippen molar-refractivity contribution >= 4 is 5.97 Å². The maximum absolute atomic E-state index is 11.1. The molecule has 0 bridgehead atoms. The van der Waals surface area contributed by atoms with Crippen LogP contribution in [0.2, 0.25) is 0 Å². The Balaban J connectivity index is 3.18. The molecule has 0 radical (unpaired) electrons. The molecule has 0 rings (SSSR count). The lowest BCUT2D eigenvalue weighted by atomic mass is 10.1. The average molecular weight is 357 g/mol. The third-order valence-corrected chi connectivity index (χ3v) is 4.35. The second kappa shape index (κ2) is 19.5. The summed E-state index contributed by atoms with van der Waals surface area (Å²) >= 11 is 0. The first-order chi connectivity index (χ1) is 12.2. The van der Waals surface area contributed by atoms with Crippen LogP contribution in [0.3, 0.4) is 0 Å². The van der Waals surface area contributed by atoms with Crippen LogP contribution in [0.15, 0.2) is 12.2 Å². The topological polar surface area (TPSA) is 66.8 Å². The minimum absolute atomic E-state index is 0.330. The van der Waals surface area contributed by atoms with Crippen molar-refractivity contribution in [1.82, 2.24) is 0 Å². The molecule has 0 amide bonds. The van der Waals surface area contributed by atoms with Gasteiger partial charge in [0.1, 0.15) is 0 Å². The Morgan fingerprint density at radius 2 is 1.32 bits per heavy atom. The fourth-order valence-corrected chi connectivity index (χ4v) is 2.69. The van der Waals surface area contributed by atoms with Gasteiger partial charge in [-0.3, -0.25) is 0 Å². The highest BCUT2D eigenvalue weighted by molar-refractivity contribution is 5.74. The molecule has 0 fully saturated rings. The molecule has 0 unspecified atom stereocenters. The molecule has 4 nitrogen and oxygen atoms in total. The normalized spacial score (nSPS) is 12.6. The molecule has 0 heterocycles. The van der Waals surface area contributed by atoms with Crippen molar-refractivity contribution in [3.63, 3.8) is 0 Å². The molecule has 4 heteroatoms. The fraction of sp³-hybridized carbons (Fsp3) is 0.857. The monoisotopic (exact) mass is 356 g/mol. The Morgan fingerprint density at radius 1 is 0.840 bits per heavy atom. The number of unbranched alkanes of at least 4 members (excludes halogenated alkanes) is 12. The molecule has 1 atom stereocenters. The third kappa shape index (κ3) is 17.7. The summed E-state index contributed by atoms with van der Waals surface area (Å²) in [6, 6.07) is 0. The summed E-state index contributed by atoms with van der Waals surface area (Å²) in [7, 11) is 0. The first kappa shape index (κ1) is 24.1. The largest absolute Gasteiger partial charge is 0.464 e. The van der Waals surface area contributed by atoms with Gasteiger partial charge in [-0.05, 0) is 32.1 Å². The molecule has 0 aromatic rings. The lowest BCUT2D eigenvalue weighted by Crippen LogP contribution is -2.26. The van der Waals surface area contributed by atoms with E-state index in [2.05, 4.69) is 19.1 Å². The van der Waals surface area contributed by atoms with Crippen LogP contribution in [-0.4, -0.2) is 35.5 Å². The summed E-state index contributed by atoms with van der Waals surface area (Å²) in [6.45, 7) is 2.01. The van der Waals surface area contributed by atoms with Crippen molar-refractivity contribution in [2.24, 2.45) is 0 Å². The fourth-order valence-electron chi connectivity index (χ4n) is 2.69. The lowest BCUT2D eigenvalue weighted by Gasteiger charge is -2.07. The maximum Gasteiger partial charge on any atom is 0.337 e. The molecular formula is C21H40O4. The van der Waals surface area contributed by atoms with Crippen LogP contribution in [0.1, 0.15) is 96.8 Å². The minimum atomic E-state index is -1.39. The zero-order valence-corrected chi connectivity index (χ0v) is 16.3. The van der Waals surface area contributed by atoms with Gasteiger partial charge in [-0.25, -0.2) is 4.79 Å². The molecule has 0 saturated heterocycles. The predicted molar refractivity (Wildman–Crippen MR) is 104 cm³/mol. The van der Waals surface area contributed by atoms with Crippen molar-refractivity contribution in [2.45, 2.75) is 103 Å².